The maximum atomic E-state index is 13.6. The third-order valence-electron chi connectivity index (χ3n) is 3.02. The summed E-state index contributed by atoms with van der Waals surface area (Å²) in [7, 11) is -3.15. The molecule has 116 valence electrons. The van der Waals surface area contributed by atoms with Gasteiger partial charge in [0.1, 0.15) is 11.6 Å². The molecule has 1 aliphatic heterocycles. The minimum absolute atomic E-state index is 0.0394. The normalized spacial score (nSPS) is 21.0. The highest BCUT2D eigenvalue weighted by Gasteiger charge is 2.26. The highest BCUT2D eigenvalue weighted by Crippen LogP contribution is 2.23. The number of benzene rings is 1. The first kappa shape index (κ1) is 16.3. The van der Waals surface area contributed by atoms with E-state index in [-0.39, 0.29) is 34.6 Å². The average Bonchev–Trinajstić information content (AvgIpc) is 2.34. The molecule has 1 saturated heterocycles. The number of hydrogen-bond acceptors (Lipinski definition) is 4. The Bertz CT molecular complexity index is 667. The van der Waals surface area contributed by atoms with E-state index in [4.69, 9.17) is 0 Å². The summed E-state index contributed by atoms with van der Waals surface area (Å²) in [6.07, 6.45) is -0.129. The van der Waals surface area contributed by atoms with Crippen molar-refractivity contribution in [1.82, 2.24) is 5.32 Å². The van der Waals surface area contributed by atoms with Gasteiger partial charge in [-0.2, -0.15) is 0 Å². The van der Waals surface area contributed by atoms with Crippen molar-refractivity contribution in [1.29, 1.82) is 0 Å². The molecule has 9 heteroatoms. The van der Waals surface area contributed by atoms with Crippen molar-refractivity contribution in [3.05, 3.63) is 28.2 Å². The molecule has 0 radical (unpaired) electrons. The predicted molar refractivity (Wildman–Crippen MR) is 77.7 cm³/mol. The van der Waals surface area contributed by atoms with Crippen molar-refractivity contribution in [3.8, 4) is 0 Å². The molecular formula is C12H13BrF2N2O3S. The zero-order valence-corrected chi connectivity index (χ0v) is 13.2. The van der Waals surface area contributed by atoms with Crippen LogP contribution in [0.2, 0.25) is 0 Å². The summed E-state index contributed by atoms with van der Waals surface area (Å²) < 4.78 is 49.7. The van der Waals surface area contributed by atoms with E-state index in [0.29, 0.717) is 0 Å². The van der Waals surface area contributed by atoms with Gasteiger partial charge in [-0.25, -0.2) is 17.2 Å². The summed E-state index contributed by atoms with van der Waals surface area (Å²) in [6.45, 7) is 0.279. The second-order valence-electron chi connectivity index (χ2n) is 4.76. The van der Waals surface area contributed by atoms with Crippen LogP contribution in [0.3, 0.4) is 0 Å². The molecule has 1 aromatic rings. The fraction of sp³-hybridized carbons (Fsp3) is 0.417. The van der Waals surface area contributed by atoms with Crippen molar-refractivity contribution >= 4 is 37.4 Å². The number of nitrogens with one attached hydrogen (secondary N) is 2. The van der Waals surface area contributed by atoms with Gasteiger partial charge in [-0.05, 0) is 22.0 Å². The number of rotatable bonds is 3. The van der Waals surface area contributed by atoms with Gasteiger partial charge in [0.25, 0.3) is 0 Å². The minimum atomic E-state index is -3.15. The number of hydrogen-bond donors (Lipinski definition) is 2. The predicted octanol–water partition coefficient (Wildman–Crippen LogP) is 1.44. The van der Waals surface area contributed by atoms with E-state index in [1.165, 1.54) is 0 Å². The average molecular weight is 383 g/mol. The summed E-state index contributed by atoms with van der Waals surface area (Å²) in [6, 6.07) is 1.25. The van der Waals surface area contributed by atoms with E-state index in [1.54, 1.807) is 0 Å². The zero-order chi connectivity index (χ0) is 15.6. The molecule has 1 fully saturated rings. The Morgan fingerprint density at radius 2 is 2.10 bits per heavy atom. The number of carbonyl (C=O) groups excluding carboxylic acids is 1. The third-order valence-corrected chi connectivity index (χ3v) is 5.36. The molecule has 2 N–H and O–H groups in total. The van der Waals surface area contributed by atoms with E-state index in [1.807, 2.05) is 0 Å². The Kier molecular flexibility index (Phi) is 4.95. The molecule has 1 atom stereocenters. The van der Waals surface area contributed by atoms with Gasteiger partial charge in [-0.15, -0.1) is 0 Å². The van der Waals surface area contributed by atoms with Crippen molar-refractivity contribution in [2.75, 3.05) is 23.4 Å². The minimum Gasteiger partial charge on any atom is -0.323 e. The molecule has 0 saturated carbocycles. The smallest absolute Gasteiger partial charge is 0.226 e. The second-order valence-corrected chi connectivity index (χ2v) is 7.85. The van der Waals surface area contributed by atoms with Crippen LogP contribution in [0.25, 0.3) is 0 Å². The summed E-state index contributed by atoms with van der Waals surface area (Å²) in [5.41, 5.74) is -0.278. The Hall–Kier alpha value is -1.06. The Morgan fingerprint density at radius 1 is 1.38 bits per heavy atom. The SMILES string of the molecule is O=C(CC1CS(=O)(=O)CCN1)Nc1cc(F)c(Br)cc1F. The van der Waals surface area contributed by atoms with Gasteiger partial charge in [-0.1, -0.05) is 0 Å². The topological polar surface area (TPSA) is 75.3 Å². The summed E-state index contributed by atoms with van der Waals surface area (Å²) in [5.74, 6) is -2.16. The highest BCUT2D eigenvalue weighted by atomic mass is 79.9. The molecular weight excluding hydrogens is 370 g/mol. The lowest BCUT2D eigenvalue weighted by Crippen LogP contribution is -2.46. The van der Waals surface area contributed by atoms with Crippen molar-refractivity contribution in [2.45, 2.75) is 12.5 Å². The maximum absolute atomic E-state index is 13.6. The number of carbonyl (C=O) groups is 1. The van der Waals surface area contributed by atoms with Crippen molar-refractivity contribution in [3.63, 3.8) is 0 Å². The lowest BCUT2D eigenvalue weighted by Gasteiger charge is -2.23. The lowest BCUT2D eigenvalue weighted by molar-refractivity contribution is -0.116. The van der Waals surface area contributed by atoms with Crippen LogP contribution < -0.4 is 10.6 Å². The van der Waals surface area contributed by atoms with Crippen LogP contribution in [0.15, 0.2) is 16.6 Å². The van der Waals surface area contributed by atoms with Crippen LogP contribution in [-0.2, 0) is 14.6 Å². The molecule has 1 aliphatic rings. The Morgan fingerprint density at radius 3 is 2.76 bits per heavy atom. The molecule has 21 heavy (non-hydrogen) atoms. The first-order chi connectivity index (χ1) is 9.77. The maximum Gasteiger partial charge on any atom is 0.226 e. The molecule has 1 amide bonds. The van der Waals surface area contributed by atoms with E-state index >= 15 is 0 Å². The Labute approximate surface area is 129 Å². The molecule has 0 bridgehead atoms. The van der Waals surface area contributed by atoms with Crippen LogP contribution in [0.1, 0.15) is 6.42 Å². The first-order valence-electron chi connectivity index (χ1n) is 6.15. The standard InChI is InChI=1S/C12H13BrF2N2O3S/c13-8-4-10(15)11(5-9(8)14)17-12(18)3-7-6-21(19,20)2-1-16-7/h4-5,7,16H,1-3,6H2,(H,17,18). The van der Waals surface area contributed by atoms with Crippen LogP contribution in [0.5, 0.6) is 0 Å². The van der Waals surface area contributed by atoms with Crippen LogP contribution >= 0.6 is 15.9 Å². The summed E-state index contributed by atoms with van der Waals surface area (Å²) in [4.78, 5) is 11.8. The number of halogens is 3. The quantitative estimate of drug-likeness (QED) is 0.775. The van der Waals surface area contributed by atoms with Gasteiger partial charge < -0.3 is 10.6 Å². The lowest BCUT2D eigenvalue weighted by atomic mass is 10.2. The van der Waals surface area contributed by atoms with Gasteiger partial charge in [0, 0.05) is 25.1 Å². The van der Waals surface area contributed by atoms with Crippen LogP contribution in [0, 0.1) is 11.6 Å². The molecule has 5 nitrogen and oxygen atoms in total. The van der Waals surface area contributed by atoms with Crippen molar-refractivity contribution in [2.24, 2.45) is 0 Å². The Balaban J connectivity index is 2.01. The fourth-order valence-corrected chi connectivity index (χ4v) is 3.80. The molecule has 1 aromatic carbocycles. The van der Waals surface area contributed by atoms with E-state index in [0.717, 1.165) is 12.1 Å². The van der Waals surface area contributed by atoms with E-state index < -0.39 is 33.4 Å². The molecule has 0 aromatic heterocycles. The second kappa shape index (κ2) is 6.37. The monoisotopic (exact) mass is 382 g/mol. The molecule has 1 unspecified atom stereocenters. The van der Waals surface area contributed by atoms with E-state index in [9.17, 15) is 22.0 Å². The first-order valence-corrected chi connectivity index (χ1v) is 8.76. The molecule has 0 spiro atoms. The summed E-state index contributed by atoms with van der Waals surface area (Å²) in [5, 5.41) is 5.15. The molecule has 0 aliphatic carbocycles. The van der Waals surface area contributed by atoms with Gasteiger partial charge in [0.15, 0.2) is 9.84 Å². The summed E-state index contributed by atoms with van der Waals surface area (Å²) >= 11 is 2.83. The van der Waals surface area contributed by atoms with E-state index in [2.05, 4.69) is 26.6 Å². The van der Waals surface area contributed by atoms with Gasteiger partial charge in [-0.3, -0.25) is 4.79 Å². The molecule has 1 heterocycles. The van der Waals surface area contributed by atoms with Crippen LogP contribution in [0.4, 0.5) is 14.5 Å². The number of amides is 1. The van der Waals surface area contributed by atoms with Gasteiger partial charge in [0.05, 0.1) is 21.7 Å². The van der Waals surface area contributed by atoms with Gasteiger partial charge >= 0.3 is 0 Å². The van der Waals surface area contributed by atoms with Gasteiger partial charge in [0.2, 0.25) is 5.91 Å². The third kappa shape index (κ3) is 4.45. The van der Waals surface area contributed by atoms with Crippen LogP contribution in [-0.4, -0.2) is 38.4 Å². The highest BCUT2D eigenvalue weighted by molar-refractivity contribution is 9.10. The molecule has 2 rings (SSSR count). The largest absolute Gasteiger partial charge is 0.323 e. The van der Waals surface area contributed by atoms with Crippen molar-refractivity contribution < 1.29 is 22.0 Å². The number of sulfone groups is 1. The zero-order valence-electron chi connectivity index (χ0n) is 10.8. The number of anilines is 1. The fourth-order valence-electron chi connectivity index (χ4n) is 2.04.